The van der Waals surface area contributed by atoms with Crippen LogP contribution in [-0.2, 0) is 28.8 Å². The average Bonchev–Trinajstić information content (AvgIpc) is 3.71. The number of thioether (sulfide) groups is 1. The number of amides is 1. The van der Waals surface area contributed by atoms with Crippen LogP contribution in [-0.4, -0.2) is 39.0 Å². The second-order valence-corrected chi connectivity index (χ2v) is 12.0. The zero-order chi connectivity index (χ0) is 26.5. The quantitative estimate of drug-likeness (QED) is 0.159. The molecule has 10 heteroatoms. The van der Waals surface area contributed by atoms with Crippen LogP contribution < -0.4 is 5.32 Å². The minimum Gasteiger partial charge on any atom is -0.462 e. The Kier molecular flexibility index (Phi) is 8.61. The maximum atomic E-state index is 13.0. The highest BCUT2D eigenvalue weighted by atomic mass is 32.2. The first kappa shape index (κ1) is 26.6. The van der Waals surface area contributed by atoms with E-state index in [2.05, 4.69) is 46.7 Å². The molecule has 1 aromatic carbocycles. The van der Waals surface area contributed by atoms with E-state index >= 15 is 0 Å². The van der Waals surface area contributed by atoms with E-state index in [1.54, 1.807) is 18.3 Å². The average molecular weight is 567 g/mol. The lowest BCUT2D eigenvalue weighted by Gasteiger charge is -2.11. The molecule has 0 unspecified atom stereocenters. The second-order valence-electron chi connectivity index (χ2n) is 9.01. The van der Waals surface area contributed by atoms with Gasteiger partial charge in [-0.1, -0.05) is 43.3 Å². The molecule has 0 spiro atoms. The number of esters is 1. The molecule has 7 nitrogen and oxygen atoms in total. The monoisotopic (exact) mass is 566 g/mol. The Balaban J connectivity index is 1.35. The number of nitrogens with zero attached hydrogens (tertiary/aromatic N) is 3. The van der Waals surface area contributed by atoms with Crippen molar-refractivity contribution in [1.82, 2.24) is 14.8 Å². The number of hydrogen-bond acceptors (Lipinski definition) is 8. The lowest BCUT2D eigenvalue weighted by atomic mass is 10.1. The molecule has 38 heavy (non-hydrogen) atoms. The van der Waals surface area contributed by atoms with Crippen LogP contribution in [0.4, 0.5) is 5.00 Å². The zero-order valence-corrected chi connectivity index (χ0v) is 23.9. The second kappa shape index (κ2) is 12.3. The molecule has 0 aliphatic heterocycles. The van der Waals surface area contributed by atoms with E-state index in [9.17, 15) is 9.59 Å². The number of aryl methyl sites for hydroxylation is 2. The molecule has 3 heterocycles. The van der Waals surface area contributed by atoms with Crippen molar-refractivity contribution in [1.29, 1.82) is 0 Å². The smallest absolute Gasteiger partial charge is 0.341 e. The first-order valence-corrected chi connectivity index (χ1v) is 15.6. The van der Waals surface area contributed by atoms with Crippen LogP contribution in [0.1, 0.15) is 59.5 Å². The number of carbonyl (C=O) groups excluding carboxylic acids is 2. The molecule has 3 aromatic heterocycles. The number of benzene rings is 1. The number of anilines is 1. The minimum atomic E-state index is -0.363. The maximum absolute atomic E-state index is 13.0. The molecular formula is C28H30N4O3S3. The minimum absolute atomic E-state index is 0.141. The summed E-state index contributed by atoms with van der Waals surface area (Å²) in [5, 5.41) is 15.1. The number of nitrogens with one attached hydrogen (secondary N) is 1. The van der Waals surface area contributed by atoms with Crippen molar-refractivity contribution in [3.05, 3.63) is 63.3 Å². The normalized spacial score (nSPS) is 12.5. The van der Waals surface area contributed by atoms with Crippen molar-refractivity contribution < 1.29 is 14.3 Å². The third-order valence-corrected chi connectivity index (χ3v) is 9.38. The van der Waals surface area contributed by atoms with Gasteiger partial charge in [-0.2, -0.15) is 0 Å². The first-order chi connectivity index (χ1) is 18.6. The van der Waals surface area contributed by atoms with Crippen molar-refractivity contribution in [2.45, 2.75) is 57.5 Å². The molecule has 1 N–H and O–H groups in total. The maximum Gasteiger partial charge on any atom is 0.341 e. The number of hydrogen-bond donors (Lipinski definition) is 1. The largest absolute Gasteiger partial charge is 0.462 e. The third-order valence-electron chi connectivity index (χ3n) is 6.37. The first-order valence-electron chi connectivity index (χ1n) is 12.9. The Bertz CT molecular complexity index is 1410. The van der Waals surface area contributed by atoms with Crippen LogP contribution >= 0.6 is 34.4 Å². The number of ether oxygens (including phenoxy) is 1. The van der Waals surface area contributed by atoms with Crippen molar-refractivity contribution >= 4 is 51.3 Å². The summed E-state index contributed by atoms with van der Waals surface area (Å²) in [6.45, 7) is 4.29. The van der Waals surface area contributed by atoms with Crippen LogP contribution in [0.15, 0.2) is 46.9 Å². The van der Waals surface area contributed by atoms with Gasteiger partial charge in [0.1, 0.15) is 5.00 Å². The van der Waals surface area contributed by atoms with E-state index in [0.29, 0.717) is 22.3 Å². The van der Waals surface area contributed by atoms with Crippen molar-refractivity contribution in [2.24, 2.45) is 0 Å². The molecule has 5 rings (SSSR count). The van der Waals surface area contributed by atoms with Crippen molar-refractivity contribution in [3.8, 4) is 16.4 Å². The summed E-state index contributed by atoms with van der Waals surface area (Å²) in [6.07, 6.45) is 6.18. The van der Waals surface area contributed by atoms with E-state index in [4.69, 9.17) is 4.74 Å². The standard InChI is InChI=1S/C28H30N4O3S3/c1-3-5-8-18-12-14-19(15-13-18)32-25(22-11-7-16-36-22)30-31-28(32)37-17-23(33)29-26-24(27(34)35-4-2)20-9-6-10-21(20)38-26/h7,11-16H,3-6,8-10,17H2,1-2H3,(H,29,33). The van der Waals surface area contributed by atoms with E-state index < -0.39 is 0 Å². The summed E-state index contributed by atoms with van der Waals surface area (Å²) in [7, 11) is 0. The summed E-state index contributed by atoms with van der Waals surface area (Å²) < 4.78 is 7.30. The molecule has 1 aliphatic rings. The van der Waals surface area contributed by atoms with Gasteiger partial charge in [0.2, 0.25) is 5.91 Å². The van der Waals surface area contributed by atoms with E-state index in [1.165, 1.54) is 33.5 Å². The molecule has 0 fully saturated rings. The predicted molar refractivity (Wildman–Crippen MR) is 155 cm³/mol. The molecule has 4 aromatic rings. The SMILES string of the molecule is CCCCc1ccc(-n2c(SCC(=O)Nc3sc4c(c3C(=O)OCC)CCC4)nnc2-c2cccs2)cc1. The Morgan fingerprint density at radius 3 is 2.71 bits per heavy atom. The number of fused-ring (bicyclic) bond motifs is 1. The van der Waals surface area contributed by atoms with E-state index in [1.807, 2.05) is 22.1 Å². The van der Waals surface area contributed by atoms with Gasteiger partial charge in [-0.05, 0) is 73.7 Å². The Morgan fingerprint density at radius 1 is 1.13 bits per heavy atom. The Hall–Kier alpha value is -2.95. The Morgan fingerprint density at radius 2 is 1.97 bits per heavy atom. The van der Waals surface area contributed by atoms with E-state index in [0.717, 1.165) is 60.5 Å². The van der Waals surface area contributed by atoms with Crippen LogP contribution in [0.2, 0.25) is 0 Å². The summed E-state index contributed by atoms with van der Waals surface area (Å²) >= 11 is 4.42. The van der Waals surface area contributed by atoms with Gasteiger partial charge in [0.25, 0.3) is 0 Å². The molecule has 0 atom stereocenters. The lowest BCUT2D eigenvalue weighted by Crippen LogP contribution is -2.17. The molecule has 1 aliphatic carbocycles. The van der Waals surface area contributed by atoms with Crippen LogP contribution in [0.3, 0.4) is 0 Å². The van der Waals surface area contributed by atoms with Gasteiger partial charge in [0, 0.05) is 10.6 Å². The molecule has 0 saturated carbocycles. The molecule has 198 valence electrons. The lowest BCUT2D eigenvalue weighted by molar-refractivity contribution is -0.113. The number of rotatable bonds is 11. The highest BCUT2D eigenvalue weighted by Crippen LogP contribution is 2.40. The highest BCUT2D eigenvalue weighted by Gasteiger charge is 2.28. The fourth-order valence-electron chi connectivity index (χ4n) is 4.56. The van der Waals surface area contributed by atoms with Crippen LogP contribution in [0.25, 0.3) is 16.4 Å². The molecule has 0 radical (unpaired) electrons. The fourth-order valence-corrected chi connectivity index (χ4v) is 7.30. The highest BCUT2D eigenvalue weighted by molar-refractivity contribution is 7.99. The number of thiophene rings is 2. The van der Waals surface area contributed by atoms with Gasteiger partial charge < -0.3 is 10.1 Å². The fraction of sp³-hybridized carbons (Fsp3) is 0.357. The van der Waals surface area contributed by atoms with Crippen LogP contribution in [0, 0.1) is 0 Å². The van der Waals surface area contributed by atoms with Crippen molar-refractivity contribution in [2.75, 3.05) is 17.7 Å². The Labute approximate surface area is 234 Å². The van der Waals surface area contributed by atoms with Gasteiger partial charge in [-0.3, -0.25) is 9.36 Å². The van der Waals surface area contributed by atoms with Crippen molar-refractivity contribution in [3.63, 3.8) is 0 Å². The molecule has 1 amide bonds. The van der Waals surface area contributed by atoms with Gasteiger partial charge in [-0.25, -0.2) is 4.79 Å². The summed E-state index contributed by atoms with van der Waals surface area (Å²) in [4.78, 5) is 27.9. The molecular weight excluding hydrogens is 537 g/mol. The van der Waals surface area contributed by atoms with Gasteiger partial charge in [-0.15, -0.1) is 32.9 Å². The number of carbonyl (C=O) groups is 2. The molecule has 0 saturated heterocycles. The molecule has 0 bridgehead atoms. The third kappa shape index (κ3) is 5.72. The van der Waals surface area contributed by atoms with E-state index in [-0.39, 0.29) is 17.6 Å². The number of unbranched alkanes of at least 4 members (excludes halogenated alkanes) is 1. The van der Waals surface area contributed by atoms with Gasteiger partial charge >= 0.3 is 5.97 Å². The van der Waals surface area contributed by atoms with Gasteiger partial charge in [0.05, 0.1) is 22.8 Å². The topological polar surface area (TPSA) is 86.1 Å². The predicted octanol–water partition coefficient (Wildman–Crippen LogP) is 6.80. The summed E-state index contributed by atoms with van der Waals surface area (Å²) in [5.74, 6) is 0.339. The summed E-state index contributed by atoms with van der Waals surface area (Å²) in [6, 6.07) is 12.5. The van der Waals surface area contributed by atoms with Gasteiger partial charge in [0.15, 0.2) is 11.0 Å². The summed E-state index contributed by atoms with van der Waals surface area (Å²) in [5.41, 5.74) is 3.81. The van der Waals surface area contributed by atoms with Crippen LogP contribution in [0.5, 0.6) is 0 Å². The zero-order valence-electron chi connectivity index (χ0n) is 21.5. The number of aromatic nitrogens is 3.